The minimum absolute atomic E-state index is 0.401. The van der Waals surface area contributed by atoms with Crippen molar-refractivity contribution in [2.45, 2.75) is 6.54 Å². The van der Waals surface area contributed by atoms with Crippen molar-refractivity contribution in [2.75, 3.05) is 0 Å². The van der Waals surface area contributed by atoms with Gasteiger partial charge in [0.2, 0.25) is 0 Å². The van der Waals surface area contributed by atoms with E-state index in [9.17, 15) is 0 Å². The summed E-state index contributed by atoms with van der Waals surface area (Å²) in [6.45, 7) is 4.28. The summed E-state index contributed by atoms with van der Waals surface area (Å²) in [5.74, 6) is 1.07. The maximum absolute atomic E-state index is 6.27. The van der Waals surface area contributed by atoms with Crippen LogP contribution in [0.4, 0.5) is 0 Å². The normalized spacial score (nSPS) is 12.5. The monoisotopic (exact) mass is 762 g/mol. The van der Waals surface area contributed by atoms with Crippen molar-refractivity contribution in [3.8, 4) is 16.8 Å². The zero-order valence-corrected chi connectivity index (χ0v) is 32.2. The van der Waals surface area contributed by atoms with Gasteiger partial charge < -0.3 is 8.98 Å². The quantitative estimate of drug-likeness (QED) is 0.123. The fourth-order valence-corrected chi connectivity index (χ4v) is 9.61. The molecule has 11 aromatic rings. The molecule has 0 spiro atoms. The number of fused-ring (bicyclic) bond motifs is 9. The van der Waals surface area contributed by atoms with Crippen molar-refractivity contribution < 1.29 is 4.42 Å². The summed E-state index contributed by atoms with van der Waals surface area (Å²) in [6, 6.07) is 63.7. The van der Waals surface area contributed by atoms with Crippen LogP contribution in [0.1, 0.15) is 16.7 Å². The molecule has 0 aliphatic carbocycles. The molecule has 6 heteroatoms. The average Bonchev–Trinajstić information content (AvgIpc) is 3.96. The van der Waals surface area contributed by atoms with Crippen LogP contribution in [0.25, 0.3) is 80.7 Å². The predicted molar refractivity (Wildman–Crippen MR) is 246 cm³/mol. The Morgan fingerprint density at radius 3 is 2.19 bits per heavy atom. The number of amidine groups is 2. The van der Waals surface area contributed by atoms with Crippen LogP contribution in [-0.2, 0) is 6.54 Å². The summed E-state index contributed by atoms with van der Waals surface area (Å²) in [4.78, 5) is 14.7. The summed E-state index contributed by atoms with van der Waals surface area (Å²) in [5, 5.41) is 7.04. The van der Waals surface area contributed by atoms with E-state index in [4.69, 9.17) is 14.4 Å². The number of benzene rings is 8. The molecular weight excluding hydrogens is 729 g/mol. The molecule has 11 rings (SSSR count). The first-order chi connectivity index (χ1) is 28.7. The molecule has 3 aromatic heterocycles. The Labute approximate surface area is 338 Å². The highest BCUT2D eigenvalue weighted by Gasteiger charge is 2.18. The van der Waals surface area contributed by atoms with Crippen molar-refractivity contribution in [2.24, 2.45) is 15.0 Å². The molecule has 0 fully saturated rings. The molecule has 274 valence electrons. The Kier molecular flexibility index (Phi) is 8.15. The molecule has 0 unspecified atom stereocenters. The standard InChI is InChI=1S/C52H34N4OS/c1-53-51(34-15-3-2-4-16-34)55-52(42-23-13-26-47-49(42)41-20-6-9-25-46(41)57-47)54-32-33-14-11-17-36(30-33)56-44-24-8-5-18-38(44)43-31-35(28-29-45(43)56)37-21-12-22-40-39-19-7-10-27-48(39)58-50(37)40/h2-31H,1,32H2. The minimum atomic E-state index is 0.401. The first-order valence-electron chi connectivity index (χ1n) is 19.3. The second-order valence-corrected chi connectivity index (χ2v) is 15.5. The molecule has 0 atom stereocenters. The Balaban J connectivity index is 1.03. The first kappa shape index (κ1) is 33.9. The summed E-state index contributed by atoms with van der Waals surface area (Å²) in [7, 11) is 0. The van der Waals surface area contributed by atoms with Gasteiger partial charge in [-0.3, -0.25) is 4.99 Å². The third-order valence-corrected chi connectivity index (χ3v) is 12.2. The lowest BCUT2D eigenvalue weighted by molar-refractivity contribution is 0.669. The zero-order valence-electron chi connectivity index (χ0n) is 31.3. The SMILES string of the molecule is C=NC(=NC(=NCc1cccc(-n2c3ccccc3c3cc(-c4cccc5c4sc4ccccc45)ccc32)c1)c1cccc2oc3ccccc3c12)c1ccccc1. The van der Waals surface area contributed by atoms with Crippen molar-refractivity contribution in [1.29, 1.82) is 0 Å². The lowest BCUT2D eigenvalue weighted by atomic mass is 10.0. The largest absolute Gasteiger partial charge is 0.456 e. The van der Waals surface area contributed by atoms with Gasteiger partial charge in [0.1, 0.15) is 11.2 Å². The van der Waals surface area contributed by atoms with Gasteiger partial charge in [-0.2, -0.15) is 0 Å². The summed E-state index contributed by atoms with van der Waals surface area (Å²) >= 11 is 1.87. The van der Waals surface area contributed by atoms with Gasteiger partial charge in [-0.05, 0) is 71.9 Å². The van der Waals surface area contributed by atoms with Gasteiger partial charge in [-0.15, -0.1) is 11.3 Å². The number of para-hydroxylation sites is 2. The van der Waals surface area contributed by atoms with Gasteiger partial charge >= 0.3 is 0 Å². The molecule has 0 saturated carbocycles. The smallest absolute Gasteiger partial charge is 0.161 e. The van der Waals surface area contributed by atoms with Crippen LogP contribution in [0.15, 0.2) is 201 Å². The van der Waals surface area contributed by atoms with Crippen LogP contribution in [0.3, 0.4) is 0 Å². The van der Waals surface area contributed by atoms with Crippen LogP contribution >= 0.6 is 11.3 Å². The third-order valence-electron chi connectivity index (χ3n) is 11.0. The minimum Gasteiger partial charge on any atom is -0.456 e. The Morgan fingerprint density at radius 1 is 0.569 bits per heavy atom. The highest BCUT2D eigenvalue weighted by molar-refractivity contribution is 7.26. The number of aliphatic imine (C=N–C) groups is 3. The van der Waals surface area contributed by atoms with E-state index in [0.717, 1.165) is 55.3 Å². The van der Waals surface area contributed by atoms with E-state index >= 15 is 0 Å². The van der Waals surface area contributed by atoms with E-state index in [1.165, 1.54) is 42.1 Å². The molecule has 0 aliphatic rings. The summed E-state index contributed by atoms with van der Waals surface area (Å²) < 4.78 is 11.3. The molecule has 58 heavy (non-hydrogen) atoms. The molecule has 0 aliphatic heterocycles. The maximum Gasteiger partial charge on any atom is 0.161 e. The Morgan fingerprint density at radius 2 is 1.29 bits per heavy atom. The Hall–Kier alpha value is -7.41. The van der Waals surface area contributed by atoms with Gasteiger partial charge in [0.25, 0.3) is 0 Å². The Bertz CT molecular complexity index is 3460. The van der Waals surface area contributed by atoms with Crippen LogP contribution in [0.5, 0.6) is 0 Å². The van der Waals surface area contributed by atoms with E-state index in [-0.39, 0.29) is 0 Å². The maximum atomic E-state index is 6.27. The molecular formula is C52H34N4OS. The zero-order chi connectivity index (χ0) is 38.6. The van der Waals surface area contributed by atoms with Gasteiger partial charge in [0.05, 0.1) is 17.6 Å². The lowest BCUT2D eigenvalue weighted by Gasteiger charge is -2.11. The highest BCUT2D eigenvalue weighted by atomic mass is 32.1. The van der Waals surface area contributed by atoms with Gasteiger partial charge in [0, 0.05) is 58.5 Å². The molecule has 0 radical (unpaired) electrons. The van der Waals surface area contributed by atoms with Crippen molar-refractivity contribution in [3.63, 3.8) is 0 Å². The molecule has 0 amide bonds. The number of hydrogen-bond donors (Lipinski definition) is 0. The number of rotatable bonds is 6. The van der Waals surface area contributed by atoms with E-state index in [0.29, 0.717) is 18.2 Å². The molecule has 0 bridgehead atoms. The fourth-order valence-electron chi connectivity index (χ4n) is 8.37. The lowest BCUT2D eigenvalue weighted by Crippen LogP contribution is -2.06. The summed E-state index contributed by atoms with van der Waals surface area (Å²) in [5.41, 5.74) is 10.3. The van der Waals surface area contributed by atoms with E-state index in [2.05, 4.69) is 138 Å². The fraction of sp³-hybridized carbons (Fsp3) is 0.0192. The summed E-state index contributed by atoms with van der Waals surface area (Å²) in [6.07, 6.45) is 0. The molecule has 3 heterocycles. The van der Waals surface area contributed by atoms with E-state index < -0.39 is 0 Å². The first-order valence-corrected chi connectivity index (χ1v) is 20.1. The average molecular weight is 763 g/mol. The van der Waals surface area contributed by atoms with Crippen LogP contribution in [-0.4, -0.2) is 23.0 Å². The predicted octanol–water partition coefficient (Wildman–Crippen LogP) is 13.8. The van der Waals surface area contributed by atoms with Crippen molar-refractivity contribution in [1.82, 2.24) is 4.57 Å². The van der Waals surface area contributed by atoms with Crippen LogP contribution in [0, 0.1) is 0 Å². The van der Waals surface area contributed by atoms with E-state index in [1.807, 2.05) is 72.0 Å². The van der Waals surface area contributed by atoms with Gasteiger partial charge in [-0.25, -0.2) is 9.98 Å². The molecule has 8 aromatic carbocycles. The second kappa shape index (κ2) is 14.0. The third kappa shape index (κ3) is 5.65. The van der Waals surface area contributed by atoms with Gasteiger partial charge in [-0.1, -0.05) is 133 Å². The molecule has 0 N–H and O–H groups in total. The number of hydrogen-bond acceptors (Lipinski definition) is 3. The van der Waals surface area contributed by atoms with Gasteiger partial charge in [0.15, 0.2) is 11.7 Å². The number of furan rings is 1. The molecule has 5 nitrogen and oxygen atoms in total. The second-order valence-electron chi connectivity index (χ2n) is 14.4. The van der Waals surface area contributed by atoms with E-state index in [1.54, 1.807) is 0 Å². The topological polar surface area (TPSA) is 55.1 Å². The molecule has 0 saturated heterocycles. The van der Waals surface area contributed by atoms with Crippen LogP contribution < -0.4 is 0 Å². The number of aromatic nitrogens is 1. The van der Waals surface area contributed by atoms with Crippen molar-refractivity contribution >= 4 is 93.6 Å². The number of thiophene rings is 1. The highest BCUT2D eigenvalue weighted by Crippen LogP contribution is 2.42. The van der Waals surface area contributed by atoms with Crippen molar-refractivity contribution in [3.05, 3.63) is 199 Å². The van der Waals surface area contributed by atoms with Crippen LogP contribution in [0.2, 0.25) is 0 Å². The number of nitrogens with zero attached hydrogens (tertiary/aromatic N) is 4.